The van der Waals surface area contributed by atoms with Gasteiger partial charge in [0.15, 0.2) is 0 Å². The predicted octanol–water partition coefficient (Wildman–Crippen LogP) is 0.471. The summed E-state index contributed by atoms with van der Waals surface area (Å²) in [7, 11) is -7.40. The Hall–Kier alpha value is -1.16. The van der Waals surface area contributed by atoms with Crippen LogP contribution in [0.4, 0.5) is 0 Å². The van der Waals surface area contributed by atoms with E-state index in [1.807, 2.05) is 0 Å². The van der Waals surface area contributed by atoms with E-state index < -0.39 is 20.2 Å². The molecule has 10 heteroatoms. The third-order valence-corrected chi connectivity index (χ3v) is 3.82. The summed E-state index contributed by atoms with van der Waals surface area (Å²) in [5.74, 6) is -0.443. The van der Waals surface area contributed by atoms with E-state index in [-0.39, 0.29) is 22.9 Å². The van der Waals surface area contributed by atoms with Gasteiger partial charge >= 0.3 is 20.2 Å². The van der Waals surface area contributed by atoms with E-state index in [1.165, 1.54) is 27.7 Å². The zero-order valence-electron chi connectivity index (χ0n) is 10.6. The number of rotatable bonds is 7. The van der Waals surface area contributed by atoms with Crippen molar-refractivity contribution in [2.24, 2.45) is 10.3 Å². The third-order valence-electron chi connectivity index (χ3n) is 1.81. The Morgan fingerprint density at radius 3 is 1.33 bits per heavy atom. The van der Waals surface area contributed by atoms with E-state index in [9.17, 15) is 16.8 Å². The molecule has 0 saturated carbocycles. The number of nitrogens with zero attached hydrogens (tertiary/aromatic N) is 2. The van der Waals surface area contributed by atoms with E-state index in [2.05, 4.69) is 18.9 Å². The molecule has 0 aliphatic heterocycles. The number of hydrogen-bond donors (Lipinski definition) is 0. The molecule has 0 aromatic heterocycles. The van der Waals surface area contributed by atoms with E-state index in [4.69, 9.17) is 0 Å². The molecule has 0 saturated heterocycles. The summed E-state index contributed by atoms with van der Waals surface area (Å²) in [4.78, 5) is 0. The van der Waals surface area contributed by atoms with Crippen LogP contribution in [0.3, 0.4) is 0 Å². The summed E-state index contributed by atoms with van der Waals surface area (Å²) in [6, 6.07) is 0. The minimum absolute atomic E-state index is 0.0957. The van der Waals surface area contributed by atoms with Crippen molar-refractivity contribution in [1.29, 1.82) is 0 Å². The maximum atomic E-state index is 11.0. The molecular formula is C8H16N2O6S2. The first kappa shape index (κ1) is 16.8. The molecule has 0 atom stereocenters. The van der Waals surface area contributed by atoms with E-state index in [0.717, 1.165) is 0 Å². The summed E-state index contributed by atoms with van der Waals surface area (Å²) in [6.07, 6.45) is 0. The highest BCUT2D eigenvalue weighted by molar-refractivity contribution is 7.86. The van der Waals surface area contributed by atoms with Crippen molar-refractivity contribution >= 4 is 31.7 Å². The highest BCUT2D eigenvalue weighted by atomic mass is 32.2. The van der Waals surface area contributed by atoms with Gasteiger partial charge in [-0.2, -0.15) is 16.8 Å². The van der Waals surface area contributed by atoms with Gasteiger partial charge in [0.25, 0.3) is 0 Å². The average molecular weight is 300 g/mol. The van der Waals surface area contributed by atoms with Crippen molar-refractivity contribution in [3.05, 3.63) is 0 Å². The quantitative estimate of drug-likeness (QED) is 0.499. The molecule has 0 radical (unpaired) electrons. The smallest absolute Gasteiger partial charge is 0.268 e. The molecule has 106 valence electrons. The van der Waals surface area contributed by atoms with Crippen LogP contribution in [0.2, 0.25) is 0 Å². The summed E-state index contributed by atoms with van der Waals surface area (Å²) in [5.41, 5.74) is 0.191. The molecule has 0 heterocycles. The van der Waals surface area contributed by atoms with Crippen molar-refractivity contribution in [3.63, 3.8) is 0 Å². The Kier molecular flexibility index (Phi) is 6.26. The van der Waals surface area contributed by atoms with Crippen molar-refractivity contribution in [1.82, 2.24) is 0 Å². The highest BCUT2D eigenvalue weighted by Gasteiger charge is 2.10. The minimum atomic E-state index is -3.70. The molecule has 0 aliphatic carbocycles. The third kappa shape index (κ3) is 6.55. The van der Waals surface area contributed by atoms with Gasteiger partial charge in [0.2, 0.25) is 0 Å². The first-order chi connectivity index (χ1) is 8.13. The summed E-state index contributed by atoms with van der Waals surface area (Å²) < 4.78 is 52.6. The lowest BCUT2D eigenvalue weighted by Crippen LogP contribution is -2.12. The first-order valence-electron chi connectivity index (χ1n) is 5.05. The molecule has 0 rings (SSSR count). The zero-order chi connectivity index (χ0) is 14.4. The van der Waals surface area contributed by atoms with Crippen LogP contribution < -0.4 is 0 Å². The number of oxime groups is 2. The lowest BCUT2D eigenvalue weighted by atomic mass is 10.3. The van der Waals surface area contributed by atoms with Crippen LogP contribution in [0, 0.1) is 0 Å². The van der Waals surface area contributed by atoms with Crippen molar-refractivity contribution in [2.45, 2.75) is 27.7 Å². The fraction of sp³-hybridized carbons (Fsp3) is 0.750. The largest absolute Gasteiger partial charge is 0.328 e. The van der Waals surface area contributed by atoms with E-state index >= 15 is 0 Å². The highest BCUT2D eigenvalue weighted by Crippen LogP contribution is 1.98. The van der Waals surface area contributed by atoms with Crippen molar-refractivity contribution in [3.8, 4) is 0 Å². The molecule has 0 bridgehead atoms. The zero-order valence-corrected chi connectivity index (χ0v) is 12.2. The van der Waals surface area contributed by atoms with Gasteiger partial charge in [0.05, 0.1) is 11.5 Å². The van der Waals surface area contributed by atoms with Crippen molar-refractivity contribution in [2.75, 3.05) is 11.5 Å². The normalized spacial score (nSPS) is 14.4. The van der Waals surface area contributed by atoms with E-state index in [0.29, 0.717) is 0 Å². The second-order valence-electron chi connectivity index (χ2n) is 3.20. The summed E-state index contributed by atoms with van der Waals surface area (Å²) in [6.45, 7) is 5.62. The van der Waals surface area contributed by atoms with Crippen LogP contribution in [0.5, 0.6) is 0 Å². The van der Waals surface area contributed by atoms with Gasteiger partial charge < -0.3 is 0 Å². The van der Waals surface area contributed by atoms with Crippen LogP contribution in [-0.2, 0) is 28.8 Å². The van der Waals surface area contributed by atoms with Gasteiger partial charge in [-0.25, -0.2) is 0 Å². The molecule has 0 amide bonds. The molecule has 0 spiro atoms. The topological polar surface area (TPSA) is 111 Å². The Bertz CT molecular complexity index is 482. The van der Waals surface area contributed by atoms with Crippen LogP contribution >= 0.6 is 0 Å². The first-order valence-corrected chi connectivity index (χ1v) is 8.21. The molecule has 0 aromatic carbocycles. The van der Waals surface area contributed by atoms with Gasteiger partial charge in [-0.05, 0) is 27.7 Å². The monoisotopic (exact) mass is 300 g/mol. The minimum Gasteiger partial charge on any atom is -0.268 e. The Balaban J connectivity index is 4.75. The summed E-state index contributed by atoms with van der Waals surface area (Å²) in [5, 5.41) is 6.63. The van der Waals surface area contributed by atoms with Gasteiger partial charge in [-0.1, -0.05) is 10.3 Å². The molecule has 18 heavy (non-hydrogen) atoms. The molecule has 0 unspecified atom stereocenters. The molecule has 0 fully saturated rings. The Labute approximate surface area is 107 Å². The van der Waals surface area contributed by atoms with Crippen LogP contribution in [-0.4, -0.2) is 39.8 Å². The van der Waals surface area contributed by atoms with Gasteiger partial charge in [0.1, 0.15) is 11.4 Å². The lowest BCUT2D eigenvalue weighted by Gasteiger charge is -2.01. The van der Waals surface area contributed by atoms with Gasteiger partial charge in [-0.3, -0.25) is 8.57 Å². The van der Waals surface area contributed by atoms with E-state index in [1.54, 1.807) is 0 Å². The second kappa shape index (κ2) is 6.69. The molecule has 0 aromatic rings. The van der Waals surface area contributed by atoms with Crippen LogP contribution in [0.15, 0.2) is 10.3 Å². The summed E-state index contributed by atoms with van der Waals surface area (Å²) >= 11 is 0. The SMILES string of the molecule is CCS(=O)(=O)O/N=C(C)/C(C)=N/OS(=O)(=O)CC. The molecular weight excluding hydrogens is 284 g/mol. The lowest BCUT2D eigenvalue weighted by molar-refractivity contribution is 0.335. The standard InChI is InChI=1S/C8H16N2O6S2/c1-5-17(11,12)15-9-7(3)8(4)10-16-18(13,14)6-2/h5-6H2,1-4H3/b9-7+,10-8+. The predicted molar refractivity (Wildman–Crippen MR) is 67.3 cm³/mol. The maximum Gasteiger partial charge on any atom is 0.328 e. The molecule has 0 N–H and O–H groups in total. The Morgan fingerprint density at radius 2 is 1.11 bits per heavy atom. The maximum absolute atomic E-state index is 11.0. The average Bonchev–Trinajstić information content (AvgIpc) is 2.33. The fourth-order valence-corrected chi connectivity index (χ4v) is 1.12. The van der Waals surface area contributed by atoms with Crippen molar-refractivity contribution < 1.29 is 25.4 Å². The van der Waals surface area contributed by atoms with Crippen LogP contribution in [0.1, 0.15) is 27.7 Å². The van der Waals surface area contributed by atoms with Gasteiger partial charge in [0, 0.05) is 0 Å². The van der Waals surface area contributed by atoms with Crippen LogP contribution in [0.25, 0.3) is 0 Å². The molecule has 0 aliphatic rings. The number of hydrogen-bond acceptors (Lipinski definition) is 8. The molecule has 8 nitrogen and oxygen atoms in total. The van der Waals surface area contributed by atoms with Gasteiger partial charge in [-0.15, -0.1) is 0 Å². The fourth-order valence-electron chi connectivity index (χ4n) is 0.463. The second-order valence-corrected chi connectivity index (χ2v) is 6.88. The Morgan fingerprint density at radius 1 is 0.833 bits per heavy atom.